The highest BCUT2D eigenvalue weighted by Gasteiger charge is 1.99. The van der Waals surface area contributed by atoms with Gasteiger partial charge >= 0.3 is 5.97 Å². The number of rotatable bonds is 3. The lowest BCUT2D eigenvalue weighted by Crippen LogP contribution is -2.03. The van der Waals surface area contributed by atoms with Gasteiger partial charge in [-0.3, -0.25) is 4.98 Å². The van der Waals surface area contributed by atoms with E-state index in [2.05, 4.69) is 16.5 Å². The van der Waals surface area contributed by atoms with Crippen molar-refractivity contribution in [3.05, 3.63) is 30.7 Å². The van der Waals surface area contributed by atoms with Gasteiger partial charge in [-0.25, -0.2) is 9.78 Å². The van der Waals surface area contributed by atoms with Gasteiger partial charge < -0.3 is 10.5 Å². The number of ether oxygens (including phenoxy) is 1. The normalized spacial score (nSPS) is 9.23. The molecule has 1 aromatic rings. The molecule has 1 rings (SSSR count). The Balaban J connectivity index is 2.54. The maximum atomic E-state index is 10.7. The quantitative estimate of drug-likeness (QED) is 0.533. The van der Waals surface area contributed by atoms with Crippen LogP contribution in [0, 0.1) is 0 Å². The predicted molar refractivity (Wildman–Crippen MR) is 46.4 cm³/mol. The van der Waals surface area contributed by atoms with Crippen LogP contribution in [0.1, 0.15) is 5.69 Å². The summed E-state index contributed by atoms with van der Waals surface area (Å²) in [7, 11) is 0. The third-order valence-electron chi connectivity index (χ3n) is 1.23. The van der Waals surface area contributed by atoms with E-state index >= 15 is 0 Å². The van der Waals surface area contributed by atoms with E-state index in [4.69, 9.17) is 10.5 Å². The molecule has 1 aromatic heterocycles. The number of nitrogens with two attached hydrogens (primary N) is 1. The number of carbonyl (C=O) groups is 1. The molecule has 0 aliphatic heterocycles. The van der Waals surface area contributed by atoms with Crippen molar-refractivity contribution in [1.29, 1.82) is 0 Å². The number of aromatic nitrogens is 2. The standard InChI is InChI=1S/C8H9N3O2/c1-2-8(12)13-5-6-3-10-4-7(9)11-6/h2-4H,1,5H2,(H2,9,11). The van der Waals surface area contributed by atoms with Crippen molar-refractivity contribution in [2.24, 2.45) is 0 Å². The zero-order chi connectivity index (χ0) is 9.68. The molecule has 0 spiro atoms. The molecule has 68 valence electrons. The third-order valence-corrected chi connectivity index (χ3v) is 1.23. The van der Waals surface area contributed by atoms with Crippen molar-refractivity contribution < 1.29 is 9.53 Å². The monoisotopic (exact) mass is 179 g/mol. The minimum absolute atomic E-state index is 0.0584. The fraction of sp³-hybridized carbons (Fsp3) is 0.125. The molecular weight excluding hydrogens is 170 g/mol. The predicted octanol–water partition coefficient (Wildman–Crippen LogP) is 0.288. The second-order valence-corrected chi connectivity index (χ2v) is 2.25. The summed E-state index contributed by atoms with van der Waals surface area (Å²) < 4.78 is 4.72. The molecule has 2 N–H and O–H groups in total. The second kappa shape index (κ2) is 4.20. The summed E-state index contributed by atoms with van der Waals surface area (Å²) in [5.41, 5.74) is 5.87. The van der Waals surface area contributed by atoms with Crippen molar-refractivity contribution in [3.8, 4) is 0 Å². The summed E-state index contributed by atoms with van der Waals surface area (Å²) in [5.74, 6) is -0.198. The minimum atomic E-state index is -0.496. The fourth-order valence-electron chi connectivity index (χ4n) is 0.697. The van der Waals surface area contributed by atoms with E-state index in [1.54, 1.807) is 0 Å². The van der Waals surface area contributed by atoms with Gasteiger partial charge in [-0.15, -0.1) is 0 Å². The van der Waals surface area contributed by atoms with E-state index in [1.807, 2.05) is 0 Å². The van der Waals surface area contributed by atoms with Gasteiger partial charge in [0.1, 0.15) is 12.4 Å². The van der Waals surface area contributed by atoms with Gasteiger partial charge in [0.05, 0.1) is 18.1 Å². The number of nitrogen functional groups attached to an aromatic ring is 1. The van der Waals surface area contributed by atoms with E-state index < -0.39 is 5.97 Å². The highest BCUT2D eigenvalue weighted by molar-refractivity contribution is 5.81. The third kappa shape index (κ3) is 2.90. The molecule has 0 atom stereocenters. The second-order valence-electron chi connectivity index (χ2n) is 2.25. The zero-order valence-electron chi connectivity index (χ0n) is 6.93. The largest absolute Gasteiger partial charge is 0.456 e. The van der Waals surface area contributed by atoms with Crippen LogP contribution in [0.5, 0.6) is 0 Å². The first-order valence-corrected chi connectivity index (χ1v) is 3.58. The Hall–Kier alpha value is -1.91. The average Bonchev–Trinajstić information content (AvgIpc) is 2.14. The van der Waals surface area contributed by atoms with Crippen LogP contribution in [-0.2, 0) is 16.1 Å². The maximum Gasteiger partial charge on any atom is 0.330 e. The molecule has 0 amide bonds. The van der Waals surface area contributed by atoms with Crippen molar-refractivity contribution in [3.63, 3.8) is 0 Å². The summed E-state index contributed by atoms with van der Waals surface area (Å²) >= 11 is 0. The molecule has 0 aliphatic carbocycles. The maximum absolute atomic E-state index is 10.7. The molecular formula is C8H9N3O2. The molecule has 13 heavy (non-hydrogen) atoms. The summed E-state index contributed by atoms with van der Waals surface area (Å²) in [6, 6.07) is 0. The lowest BCUT2D eigenvalue weighted by Gasteiger charge is -2.00. The molecule has 0 bridgehead atoms. The Bertz CT molecular complexity index is 325. The van der Waals surface area contributed by atoms with Crippen LogP contribution in [0.2, 0.25) is 0 Å². The molecule has 0 saturated heterocycles. The molecule has 1 heterocycles. The summed E-state index contributed by atoms with van der Waals surface area (Å²) in [5, 5.41) is 0. The molecule has 0 unspecified atom stereocenters. The van der Waals surface area contributed by atoms with E-state index in [-0.39, 0.29) is 6.61 Å². The minimum Gasteiger partial charge on any atom is -0.456 e. The van der Waals surface area contributed by atoms with Crippen molar-refractivity contribution in [1.82, 2.24) is 9.97 Å². The first-order valence-electron chi connectivity index (χ1n) is 3.58. The molecule has 0 aromatic carbocycles. The average molecular weight is 179 g/mol. The Morgan fingerprint density at radius 1 is 1.69 bits per heavy atom. The molecule has 0 aliphatic rings. The molecule has 0 saturated carbocycles. The van der Waals surface area contributed by atoms with E-state index in [9.17, 15) is 4.79 Å². The van der Waals surface area contributed by atoms with Crippen LogP contribution < -0.4 is 5.73 Å². The van der Waals surface area contributed by atoms with Crippen molar-refractivity contribution in [2.75, 3.05) is 5.73 Å². The highest BCUT2D eigenvalue weighted by Crippen LogP contribution is 1.99. The molecule has 5 nitrogen and oxygen atoms in total. The van der Waals surface area contributed by atoms with Gasteiger partial charge in [0, 0.05) is 6.08 Å². The number of hydrogen-bond donors (Lipinski definition) is 1. The van der Waals surface area contributed by atoms with Gasteiger partial charge in [-0.1, -0.05) is 6.58 Å². The summed E-state index contributed by atoms with van der Waals surface area (Å²) in [6.07, 6.45) is 3.98. The smallest absolute Gasteiger partial charge is 0.330 e. The molecule has 0 fully saturated rings. The van der Waals surface area contributed by atoms with Gasteiger partial charge in [0.15, 0.2) is 0 Å². The van der Waals surface area contributed by atoms with Gasteiger partial charge in [0.25, 0.3) is 0 Å². The lowest BCUT2D eigenvalue weighted by atomic mass is 10.5. The number of hydrogen-bond acceptors (Lipinski definition) is 5. The van der Waals surface area contributed by atoms with Gasteiger partial charge in [-0.2, -0.15) is 0 Å². The molecule has 0 radical (unpaired) electrons. The van der Waals surface area contributed by atoms with E-state index in [1.165, 1.54) is 12.4 Å². The van der Waals surface area contributed by atoms with Gasteiger partial charge in [-0.05, 0) is 0 Å². The lowest BCUT2D eigenvalue weighted by molar-refractivity contribution is -0.139. The first-order chi connectivity index (χ1) is 6.22. The number of anilines is 1. The number of nitrogens with zero attached hydrogens (tertiary/aromatic N) is 2. The summed E-state index contributed by atoms with van der Waals surface area (Å²) in [6.45, 7) is 3.31. The Morgan fingerprint density at radius 3 is 3.08 bits per heavy atom. The fourth-order valence-corrected chi connectivity index (χ4v) is 0.697. The molecule has 5 heteroatoms. The van der Waals surface area contributed by atoms with Crippen molar-refractivity contribution >= 4 is 11.8 Å². The Kier molecular flexibility index (Phi) is 2.97. The van der Waals surface area contributed by atoms with Crippen LogP contribution in [0.15, 0.2) is 25.0 Å². The number of esters is 1. The van der Waals surface area contributed by atoms with E-state index in [0.717, 1.165) is 6.08 Å². The first kappa shape index (κ1) is 9.18. The highest BCUT2D eigenvalue weighted by atomic mass is 16.5. The summed E-state index contributed by atoms with van der Waals surface area (Å²) in [4.78, 5) is 18.3. The van der Waals surface area contributed by atoms with E-state index in [0.29, 0.717) is 11.5 Å². The van der Waals surface area contributed by atoms with Gasteiger partial charge in [0.2, 0.25) is 0 Å². The van der Waals surface area contributed by atoms with Crippen LogP contribution >= 0.6 is 0 Å². The van der Waals surface area contributed by atoms with Crippen LogP contribution in [-0.4, -0.2) is 15.9 Å². The SMILES string of the molecule is C=CC(=O)OCc1cncc(N)n1. The van der Waals surface area contributed by atoms with Crippen LogP contribution in [0.3, 0.4) is 0 Å². The van der Waals surface area contributed by atoms with Crippen LogP contribution in [0.4, 0.5) is 5.82 Å². The number of carbonyl (C=O) groups excluding carboxylic acids is 1. The van der Waals surface area contributed by atoms with Crippen LogP contribution in [0.25, 0.3) is 0 Å². The topological polar surface area (TPSA) is 78.1 Å². The zero-order valence-corrected chi connectivity index (χ0v) is 6.93. The Morgan fingerprint density at radius 2 is 2.46 bits per heavy atom. The Labute approximate surface area is 75.3 Å². The van der Waals surface area contributed by atoms with Crippen molar-refractivity contribution in [2.45, 2.75) is 6.61 Å².